The van der Waals surface area contributed by atoms with Gasteiger partial charge in [0, 0.05) is 19.5 Å². The van der Waals surface area contributed by atoms with Gasteiger partial charge < -0.3 is 70.4 Å². The molecule has 24 heteroatoms. The van der Waals surface area contributed by atoms with Crippen LogP contribution in [0.25, 0.3) is 0 Å². The van der Waals surface area contributed by atoms with Crippen LogP contribution in [0.1, 0.15) is 51.4 Å². The first kappa shape index (κ1) is 45.9. The molecule has 0 spiro atoms. The molecule has 0 aliphatic rings. The molecule has 49 heavy (non-hydrogen) atoms. The molecule has 0 aromatic carbocycles. The number of carbonyl (C=O) groups is 8. The molecule has 0 aliphatic carbocycles. The van der Waals surface area contributed by atoms with E-state index in [4.69, 9.17) is 28.7 Å². The Morgan fingerprint density at radius 2 is 0.918 bits per heavy atom. The van der Waals surface area contributed by atoms with Crippen molar-refractivity contribution in [2.75, 3.05) is 13.1 Å². The minimum absolute atomic E-state index is 0. The van der Waals surface area contributed by atoms with Gasteiger partial charge in [-0.2, -0.15) is 0 Å². The summed E-state index contributed by atoms with van der Waals surface area (Å²) < 4.78 is 0. The van der Waals surface area contributed by atoms with Gasteiger partial charge in [-0.05, 0) is 32.1 Å². The fourth-order valence-electron chi connectivity index (χ4n) is 3.80. The van der Waals surface area contributed by atoms with Crippen LogP contribution in [0.15, 0.2) is 9.98 Å². The van der Waals surface area contributed by atoms with Crippen LogP contribution in [-0.2, 0) is 55.4 Å². The van der Waals surface area contributed by atoms with Crippen molar-refractivity contribution in [2.45, 2.75) is 81.6 Å². The summed E-state index contributed by atoms with van der Waals surface area (Å²) in [5, 5.41) is 45.6. The molecule has 0 aromatic heterocycles. The molecule has 0 saturated carbocycles. The molecule has 18 N–H and O–H groups in total. The number of carbonyl (C=O) groups excluding carboxylic acids is 4. The predicted octanol–water partition coefficient (Wildman–Crippen LogP) is -5.74. The Kier molecular flexibility index (Phi) is 22.5. The number of hydrogen-bond acceptors (Lipinski definition) is 11. The number of carboxylic acids is 4. The van der Waals surface area contributed by atoms with E-state index in [1.165, 1.54) is 0 Å². The number of guanidine groups is 2. The molecular weight excluding hydrogens is 710 g/mol. The van der Waals surface area contributed by atoms with Crippen LogP contribution in [-0.4, -0.2) is 123 Å². The van der Waals surface area contributed by atoms with E-state index in [9.17, 15) is 58.8 Å². The molecule has 0 saturated heterocycles. The molecule has 1 radical (unpaired) electrons. The molecule has 0 aromatic rings. The second-order valence-corrected chi connectivity index (χ2v) is 10.2. The van der Waals surface area contributed by atoms with Crippen molar-refractivity contribution in [2.24, 2.45) is 38.7 Å². The summed E-state index contributed by atoms with van der Waals surface area (Å²) in [6.45, 7) is 0.101. The van der Waals surface area contributed by atoms with Crippen LogP contribution in [0.3, 0.4) is 0 Å². The van der Waals surface area contributed by atoms with Crippen molar-refractivity contribution in [1.29, 1.82) is 0 Å². The summed E-state index contributed by atoms with van der Waals surface area (Å²) in [7, 11) is 0. The largest absolute Gasteiger partial charge is 2.00 e. The van der Waals surface area contributed by atoms with Gasteiger partial charge in [0.1, 0.15) is 24.2 Å². The molecule has 0 bridgehead atoms. The third-order valence-electron chi connectivity index (χ3n) is 6.18. The van der Waals surface area contributed by atoms with E-state index in [0.717, 1.165) is 0 Å². The number of aliphatic imine (C=N–C) groups is 2. The van der Waals surface area contributed by atoms with Gasteiger partial charge in [0.05, 0.1) is 18.9 Å². The summed E-state index contributed by atoms with van der Waals surface area (Å²) in [6.07, 6.45) is -2.89. The molecule has 0 fully saturated rings. The number of nitrogens with two attached hydrogens (primary N) is 5. The average molecular weight is 753 g/mol. The normalized spacial score (nSPS) is 13.3. The molecule has 0 heterocycles. The fraction of sp³-hybridized carbons (Fsp3) is 0.600. The predicted molar refractivity (Wildman–Crippen MR) is 165 cm³/mol. The fourth-order valence-corrected chi connectivity index (χ4v) is 3.80. The number of nitrogens with one attached hydrogen (secondary N) is 4. The van der Waals surface area contributed by atoms with Crippen molar-refractivity contribution >= 4 is 59.4 Å². The quantitative estimate of drug-likeness (QED) is 0.0189. The van der Waals surface area contributed by atoms with Gasteiger partial charge in [-0.1, -0.05) is 0 Å². The summed E-state index contributed by atoms with van der Waals surface area (Å²) in [4.78, 5) is 104. The van der Waals surface area contributed by atoms with Crippen molar-refractivity contribution in [3.8, 4) is 0 Å². The summed E-state index contributed by atoms with van der Waals surface area (Å²) in [5.74, 6) is -10.7. The number of aliphatic carboxylic acids is 4. The van der Waals surface area contributed by atoms with Gasteiger partial charge >= 0.3 is 40.9 Å². The Labute approximate surface area is 289 Å². The Morgan fingerprint density at radius 1 is 0.551 bits per heavy atom. The molecule has 0 aliphatic heterocycles. The van der Waals surface area contributed by atoms with Crippen molar-refractivity contribution in [3.63, 3.8) is 0 Å². The van der Waals surface area contributed by atoms with Gasteiger partial charge in [0.15, 0.2) is 11.9 Å². The number of amides is 4. The Hall–Kier alpha value is -5.22. The zero-order valence-corrected chi connectivity index (χ0v) is 27.0. The maximum atomic E-state index is 12.7. The third kappa shape index (κ3) is 21.3. The zero-order valence-electron chi connectivity index (χ0n) is 26.1. The molecule has 0 rings (SSSR count). The van der Waals surface area contributed by atoms with Crippen molar-refractivity contribution in [1.82, 2.24) is 21.3 Å². The van der Waals surface area contributed by atoms with Gasteiger partial charge in [-0.3, -0.25) is 38.8 Å². The van der Waals surface area contributed by atoms with Crippen LogP contribution in [0, 0.1) is 0 Å². The van der Waals surface area contributed by atoms with E-state index < -0.39 is 103 Å². The minimum Gasteiger partial charge on any atom is -0.481 e. The minimum atomic E-state index is -1.76. The van der Waals surface area contributed by atoms with E-state index in [1.54, 1.807) is 0 Å². The molecular formula is C25H43CuN11O12+2. The van der Waals surface area contributed by atoms with Crippen LogP contribution >= 0.6 is 0 Å². The molecule has 5 atom stereocenters. The molecule has 0 unspecified atom stereocenters. The van der Waals surface area contributed by atoms with Gasteiger partial charge in [0.2, 0.25) is 23.6 Å². The summed E-state index contributed by atoms with van der Waals surface area (Å²) in [6, 6.07) is -7.96. The SMILES string of the molecule is NC(N)=NCCC[C@H](NC(=O)[C@H](CC(=O)O)NC(=O)CC[C@H](N)C(=O)N[C@@H](CC(=O)O)C(=O)N[C@@H](CCCN=C(N)N)C(=O)O)C(=O)O.[Cu+2]. The monoisotopic (exact) mass is 752 g/mol. The van der Waals surface area contributed by atoms with Gasteiger partial charge in [-0.25, -0.2) is 9.59 Å². The van der Waals surface area contributed by atoms with Crippen LogP contribution in [0.2, 0.25) is 0 Å². The summed E-state index contributed by atoms with van der Waals surface area (Å²) >= 11 is 0. The Bertz CT molecular complexity index is 1240. The number of rotatable bonds is 24. The van der Waals surface area contributed by atoms with Gasteiger partial charge in [-0.15, -0.1) is 0 Å². The van der Waals surface area contributed by atoms with E-state index in [1.807, 2.05) is 0 Å². The maximum absolute atomic E-state index is 12.7. The molecule has 23 nitrogen and oxygen atoms in total. The summed E-state index contributed by atoms with van der Waals surface area (Å²) in [5.41, 5.74) is 26.6. The Balaban J connectivity index is 0. The maximum Gasteiger partial charge on any atom is 2.00 e. The first-order valence-electron chi connectivity index (χ1n) is 14.3. The smallest absolute Gasteiger partial charge is 0.481 e. The topological polar surface area (TPSA) is 420 Å². The van der Waals surface area contributed by atoms with Crippen LogP contribution in [0.5, 0.6) is 0 Å². The standard InChI is InChI=1S/C25H43N11O12.Cu/c26-11(19(42)36-15(10-18(40)41)21(44)35-13(23(47)48)4-2-8-32-25(29)30)5-6-16(37)33-14(9-17(38)39)20(43)34-12(22(45)46)3-1-7-31-24(27)28;/h11-15H,1-10,26H2,(H,33,37)(H,34,43)(H,35,44)(H,36,42)(H,38,39)(H,40,41)(H,45,46)(H,47,48)(H4,27,28,31)(H4,29,30,32);/q;+2/t11-,12-,13-,14-,15-;/m0./s1. The van der Waals surface area contributed by atoms with Crippen LogP contribution in [0.4, 0.5) is 0 Å². The van der Waals surface area contributed by atoms with Crippen molar-refractivity contribution < 1.29 is 75.9 Å². The van der Waals surface area contributed by atoms with E-state index >= 15 is 0 Å². The number of nitrogens with zero attached hydrogens (tertiary/aromatic N) is 2. The van der Waals surface area contributed by atoms with E-state index in [0.29, 0.717) is 0 Å². The van der Waals surface area contributed by atoms with Gasteiger partial charge in [0.25, 0.3) is 0 Å². The van der Waals surface area contributed by atoms with Crippen molar-refractivity contribution in [3.05, 3.63) is 0 Å². The second kappa shape index (κ2) is 24.0. The third-order valence-corrected chi connectivity index (χ3v) is 6.18. The average Bonchev–Trinajstić information content (AvgIpc) is 2.96. The number of carboxylic acid groups (broad SMARTS) is 4. The number of hydrogen-bond donors (Lipinski definition) is 13. The molecule has 279 valence electrons. The first-order valence-corrected chi connectivity index (χ1v) is 14.3. The second-order valence-electron chi connectivity index (χ2n) is 10.2. The zero-order chi connectivity index (χ0) is 37.0. The molecule has 4 amide bonds. The first-order chi connectivity index (χ1) is 22.3. The van der Waals surface area contributed by atoms with Crippen LogP contribution < -0.4 is 49.9 Å². The van der Waals surface area contributed by atoms with E-state index in [-0.39, 0.29) is 67.8 Å². The van der Waals surface area contributed by atoms with E-state index in [2.05, 4.69) is 31.3 Å². The Morgan fingerprint density at radius 3 is 1.27 bits per heavy atom.